The van der Waals surface area contributed by atoms with Crippen LogP contribution in [-0.4, -0.2) is 13.0 Å². The van der Waals surface area contributed by atoms with Crippen LogP contribution >= 0.6 is 11.6 Å². The molecule has 1 aromatic rings. The van der Waals surface area contributed by atoms with Crippen LogP contribution in [0.3, 0.4) is 0 Å². The standard InChI is InChI=1S/C11H12ClNO2/c1-4-10(14)13-9-6-8(12)5-7(2)11(9)15-3/h4-6H,1H2,2-3H3,(H,13,14). The third-order valence-electron chi connectivity index (χ3n) is 1.89. The Morgan fingerprint density at radius 2 is 2.27 bits per heavy atom. The van der Waals surface area contributed by atoms with Gasteiger partial charge < -0.3 is 10.1 Å². The lowest BCUT2D eigenvalue weighted by atomic mass is 10.2. The van der Waals surface area contributed by atoms with Crippen molar-refractivity contribution in [3.8, 4) is 5.75 Å². The van der Waals surface area contributed by atoms with Gasteiger partial charge in [0.25, 0.3) is 0 Å². The Morgan fingerprint density at radius 1 is 1.60 bits per heavy atom. The van der Waals surface area contributed by atoms with Crippen molar-refractivity contribution in [1.29, 1.82) is 0 Å². The number of carbonyl (C=O) groups is 1. The molecule has 1 N–H and O–H groups in total. The van der Waals surface area contributed by atoms with Gasteiger partial charge in [-0.15, -0.1) is 0 Å². The molecular formula is C11H12ClNO2. The molecule has 1 amide bonds. The van der Waals surface area contributed by atoms with E-state index in [9.17, 15) is 4.79 Å². The maximum atomic E-state index is 11.1. The predicted molar refractivity (Wildman–Crippen MR) is 61.6 cm³/mol. The van der Waals surface area contributed by atoms with Gasteiger partial charge in [0.15, 0.2) is 0 Å². The van der Waals surface area contributed by atoms with Crippen molar-refractivity contribution in [2.24, 2.45) is 0 Å². The lowest BCUT2D eigenvalue weighted by Gasteiger charge is -2.12. The van der Waals surface area contributed by atoms with Crippen molar-refractivity contribution in [3.05, 3.63) is 35.4 Å². The van der Waals surface area contributed by atoms with Gasteiger partial charge in [-0.3, -0.25) is 4.79 Å². The second-order valence-corrected chi connectivity index (χ2v) is 3.43. The summed E-state index contributed by atoms with van der Waals surface area (Å²) in [7, 11) is 1.54. The number of hydrogen-bond donors (Lipinski definition) is 1. The van der Waals surface area contributed by atoms with Gasteiger partial charge in [-0.05, 0) is 30.7 Å². The molecule has 0 aliphatic heterocycles. The van der Waals surface area contributed by atoms with Crippen molar-refractivity contribution in [2.45, 2.75) is 6.92 Å². The molecule has 0 bridgehead atoms. The van der Waals surface area contributed by atoms with E-state index in [2.05, 4.69) is 11.9 Å². The first-order valence-corrected chi connectivity index (χ1v) is 4.74. The van der Waals surface area contributed by atoms with Gasteiger partial charge in [-0.2, -0.15) is 0 Å². The van der Waals surface area contributed by atoms with Gasteiger partial charge in [-0.1, -0.05) is 18.2 Å². The summed E-state index contributed by atoms with van der Waals surface area (Å²) < 4.78 is 5.17. The minimum absolute atomic E-state index is 0.296. The monoisotopic (exact) mass is 225 g/mol. The number of carbonyl (C=O) groups excluding carboxylic acids is 1. The van der Waals surface area contributed by atoms with E-state index in [1.807, 2.05) is 6.92 Å². The average Bonchev–Trinajstić information content (AvgIpc) is 2.17. The van der Waals surface area contributed by atoms with Gasteiger partial charge in [0.1, 0.15) is 5.75 Å². The van der Waals surface area contributed by atoms with Crippen LogP contribution in [0.2, 0.25) is 5.02 Å². The normalized spacial score (nSPS) is 9.53. The zero-order valence-corrected chi connectivity index (χ0v) is 9.39. The van der Waals surface area contributed by atoms with Crippen LogP contribution in [0.25, 0.3) is 0 Å². The van der Waals surface area contributed by atoms with Gasteiger partial charge in [0, 0.05) is 5.02 Å². The van der Waals surface area contributed by atoms with Crippen molar-refractivity contribution < 1.29 is 9.53 Å². The summed E-state index contributed by atoms with van der Waals surface area (Å²) in [5, 5.41) is 3.18. The predicted octanol–water partition coefficient (Wildman–Crippen LogP) is 2.78. The topological polar surface area (TPSA) is 38.3 Å². The second kappa shape index (κ2) is 4.84. The van der Waals surface area contributed by atoms with Gasteiger partial charge in [-0.25, -0.2) is 0 Å². The summed E-state index contributed by atoms with van der Waals surface area (Å²) in [6.07, 6.45) is 1.19. The quantitative estimate of drug-likeness (QED) is 0.804. The maximum absolute atomic E-state index is 11.1. The number of ether oxygens (including phenoxy) is 1. The number of nitrogens with one attached hydrogen (secondary N) is 1. The van der Waals surface area contributed by atoms with Crippen LogP contribution in [0.1, 0.15) is 5.56 Å². The fourth-order valence-corrected chi connectivity index (χ4v) is 1.55. The first-order valence-electron chi connectivity index (χ1n) is 4.36. The third-order valence-corrected chi connectivity index (χ3v) is 2.11. The van der Waals surface area contributed by atoms with Crippen LogP contribution in [0.5, 0.6) is 5.75 Å². The number of benzene rings is 1. The Labute approximate surface area is 93.7 Å². The van der Waals surface area contributed by atoms with E-state index in [1.165, 1.54) is 6.08 Å². The average molecular weight is 226 g/mol. The van der Waals surface area contributed by atoms with Crippen LogP contribution in [0.15, 0.2) is 24.8 Å². The molecule has 0 spiro atoms. The zero-order valence-electron chi connectivity index (χ0n) is 8.63. The van der Waals surface area contributed by atoms with Crippen LogP contribution in [0.4, 0.5) is 5.69 Å². The van der Waals surface area contributed by atoms with E-state index in [1.54, 1.807) is 19.2 Å². The van der Waals surface area contributed by atoms with Crippen molar-refractivity contribution >= 4 is 23.2 Å². The molecule has 0 unspecified atom stereocenters. The Bertz CT molecular complexity index is 402. The molecule has 3 nitrogen and oxygen atoms in total. The van der Waals surface area contributed by atoms with Gasteiger partial charge in [0.05, 0.1) is 12.8 Å². The minimum Gasteiger partial charge on any atom is -0.494 e. The summed E-state index contributed by atoms with van der Waals surface area (Å²) in [6.45, 7) is 5.23. The number of methoxy groups -OCH3 is 1. The first kappa shape index (κ1) is 11.6. The molecule has 0 heterocycles. The fraction of sp³-hybridized carbons (Fsp3) is 0.182. The van der Waals surface area contributed by atoms with E-state index >= 15 is 0 Å². The molecule has 4 heteroatoms. The largest absolute Gasteiger partial charge is 0.494 e. The second-order valence-electron chi connectivity index (χ2n) is 3.00. The molecule has 0 aromatic heterocycles. The molecule has 0 radical (unpaired) electrons. The SMILES string of the molecule is C=CC(=O)Nc1cc(Cl)cc(C)c1OC. The van der Waals surface area contributed by atoms with Gasteiger partial charge in [0.2, 0.25) is 5.91 Å². The summed E-state index contributed by atoms with van der Waals surface area (Å²) in [6, 6.07) is 3.40. The van der Waals surface area contributed by atoms with Crippen molar-refractivity contribution in [1.82, 2.24) is 0 Å². The lowest BCUT2D eigenvalue weighted by Crippen LogP contribution is -2.09. The highest BCUT2D eigenvalue weighted by Crippen LogP contribution is 2.31. The highest BCUT2D eigenvalue weighted by Gasteiger charge is 2.09. The molecule has 0 aliphatic carbocycles. The highest BCUT2D eigenvalue weighted by atomic mass is 35.5. The molecule has 80 valence electrons. The Kier molecular flexibility index (Phi) is 3.74. The van der Waals surface area contributed by atoms with Crippen molar-refractivity contribution in [2.75, 3.05) is 12.4 Å². The number of amides is 1. The summed E-state index contributed by atoms with van der Waals surface area (Å²) in [5.74, 6) is 0.310. The van der Waals surface area contributed by atoms with E-state index in [4.69, 9.17) is 16.3 Å². The number of hydrogen-bond acceptors (Lipinski definition) is 2. The van der Waals surface area contributed by atoms with Crippen molar-refractivity contribution in [3.63, 3.8) is 0 Å². The molecule has 15 heavy (non-hydrogen) atoms. The van der Waals surface area contributed by atoms with E-state index in [0.29, 0.717) is 16.5 Å². The third kappa shape index (κ3) is 2.73. The minimum atomic E-state index is -0.296. The van der Waals surface area contributed by atoms with Crippen LogP contribution in [0, 0.1) is 6.92 Å². The molecule has 1 aromatic carbocycles. The number of anilines is 1. The number of halogens is 1. The maximum Gasteiger partial charge on any atom is 0.247 e. The molecule has 0 aliphatic rings. The van der Waals surface area contributed by atoms with E-state index in [-0.39, 0.29) is 5.91 Å². The zero-order chi connectivity index (χ0) is 11.4. The number of rotatable bonds is 3. The smallest absolute Gasteiger partial charge is 0.247 e. The van der Waals surface area contributed by atoms with Crippen LogP contribution < -0.4 is 10.1 Å². The van der Waals surface area contributed by atoms with E-state index < -0.39 is 0 Å². The molecule has 0 fully saturated rings. The highest BCUT2D eigenvalue weighted by molar-refractivity contribution is 6.31. The Hall–Kier alpha value is -1.48. The molecule has 0 saturated heterocycles. The molecule has 1 rings (SSSR count). The van der Waals surface area contributed by atoms with E-state index in [0.717, 1.165) is 5.56 Å². The summed E-state index contributed by atoms with van der Waals surface area (Å²) in [4.78, 5) is 11.1. The summed E-state index contributed by atoms with van der Waals surface area (Å²) in [5.41, 5.74) is 1.41. The Morgan fingerprint density at radius 3 is 2.80 bits per heavy atom. The first-order chi connectivity index (χ1) is 7.08. The Balaban J connectivity index is 3.14. The molecule has 0 saturated carbocycles. The fourth-order valence-electron chi connectivity index (χ4n) is 1.28. The van der Waals surface area contributed by atoms with Gasteiger partial charge >= 0.3 is 0 Å². The lowest BCUT2D eigenvalue weighted by molar-refractivity contribution is -0.111. The molecule has 0 atom stereocenters. The molecular weight excluding hydrogens is 214 g/mol. The van der Waals surface area contributed by atoms with Crippen LogP contribution in [-0.2, 0) is 4.79 Å². The number of aryl methyl sites for hydroxylation is 1. The summed E-state index contributed by atoms with van der Waals surface area (Å²) >= 11 is 5.87.